The summed E-state index contributed by atoms with van der Waals surface area (Å²) in [6.45, 7) is 2.64. The van der Waals surface area contributed by atoms with E-state index in [-0.39, 0.29) is 5.78 Å². The van der Waals surface area contributed by atoms with Crippen LogP contribution in [-0.4, -0.2) is 19.5 Å². The molecule has 3 heteroatoms. The van der Waals surface area contributed by atoms with Gasteiger partial charge in [-0.25, -0.2) is 0 Å². The molecule has 0 fully saturated rings. The number of Topliss-reactive ketones (excluding diaryl/α,β-unsaturated/α-hetero) is 1. The molecule has 0 amide bonds. The van der Waals surface area contributed by atoms with Crippen LogP contribution in [0.1, 0.15) is 28.1 Å². The molecule has 0 unspecified atom stereocenters. The van der Waals surface area contributed by atoms with Gasteiger partial charge in [0.25, 0.3) is 0 Å². The number of aryl methyl sites for hydroxylation is 1. The van der Waals surface area contributed by atoms with Gasteiger partial charge in [0, 0.05) is 20.1 Å². The maximum absolute atomic E-state index is 11.6. The smallest absolute Gasteiger partial charge is 0.173 e. The van der Waals surface area contributed by atoms with Crippen LogP contribution < -0.4 is 0 Å². The quantitative estimate of drug-likeness (QED) is 0.537. The van der Waals surface area contributed by atoms with Crippen LogP contribution in [0.5, 0.6) is 0 Å². The van der Waals surface area contributed by atoms with Gasteiger partial charge in [-0.05, 0) is 30.4 Å². The number of ether oxygens (including phenoxy) is 1. The molecule has 0 aliphatic carbocycles. The van der Waals surface area contributed by atoms with E-state index in [1.54, 1.807) is 7.11 Å². The second-order valence-corrected chi connectivity index (χ2v) is 3.87. The zero-order chi connectivity index (χ0) is 9.68. The van der Waals surface area contributed by atoms with Crippen molar-refractivity contribution in [2.24, 2.45) is 0 Å². The van der Waals surface area contributed by atoms with Gasteiger partial charge in [-0.3, -0.25) is 4.79 Å². The SMILES string of the molecule is COCCCC(=O)c1sccc1C. The third-order valence-corrected chi connectivity index (χ3v) is 2.93. The van der Waals surface area contributed by atoms with Crippen molar-refractivity contribution in [3.63, 3.8) is 0 Å². The van der Waals surface area contributed by atoms with Gasteiger partial charge < -0.3 is 4.74 Å². The highest BCUT2D eigenvalue weighted by Gasteiger charge is 2.09. The number of hydrogen-bond acceptors (Lipinski definition) is 3. The standard InChI is InChI=1S/C10H14O2S/c1-8-5-7-13-10(8)9(11)4-3-6-12-2/h5,7H,3-4,6H2,1-2H3. The van der Waals surface area contributed by atoms with E-state index < -0.39 is 0 Å². The van der Waals surface area contributed by atoms with E-state index in [4.69, 9.17) is 4.74 Å². The Hall–Kier alpha value is -0.670. The molecule has 0 bridgehead atoms. The molecule has 13 heavy (non-hydrogen) atoms. The zero-order valence-electron chi connectivity index (χ0n) is 8.00. The summed E-state index contributed by atoms with van der Waals surface area (Å²) in [5.74, 6) is 0.240. The molecule has 2 nitrogen and oxygen atoms in total. The zero-order valence-corrected chi connectivity index (χ0v) is 8.82. The van der Waals surface area contributed by atoms with Crippen LogP contribution >= 0.6 is 11.3 Å². The third kappa shape index (κ3) is 2.94. The fourth-order valence-electron chi connectivity index (χ4n) is 1.15. The summed E-state index contributed by atoms with van der Waals surface area (Å²) < 4.78 is 4.89. The lowest BCUT2D eigenvalue weighted by Crippen LogP contribution is -2.00. The summed E-state index contributed by atoms with van der Waals surface area (Å²) in [5.41, 5.74) is 1.09. The topological polar surface area (TPSA) is 26.3 Å². The normalized spacial score (nSPS) is 10.3. The van der Waals surface area contributed by atoms with E-state index in [9.17, 15) is 4.79 Å². The average molecular weight is 198 g/mol. The average Bonchev–Trinajstić information content (AvgIpc) is 2.52. The molecule has 0 aliphatic heterocycles. The van der Waals surface area contributed by atoms with Gasteiger partial charge >= 0.3 is 0 Å². The largest absolute Gasteiger partial charge is 0.385 e. The predicted octanol–water partition coefficient (Wildman–Crippen LogP) is 2.67. The Balaban J connectivity index is 2.45. The van der Waals surface area contributed by atoms with Gasteiger partial charge in [0.15, 0.2) is 5.78 Å². The minimum atomic E-state index is 0.240. The molecule has 0 aliphatic rings. The molecule has 1 rings (SSSR count). The molecule has 0 N–H and O–H groups in total. The molecule has 0 radical (unpaired) electrons. The first-order valence-electron chi connectivity index (χ1n) is 4.32. The number of carbonyl (C=O) groups excluding carboxylic acids is 1. The van der Waals surface area contributed by atoms with Crippen LogP contribution in [0.3, 0.4) is 0 Å². The Labute approximate surface area is 82.5 Å². The molecular weight excluding hydrogens is 184 g/mol. The van der Waals surface area contributed by atoms with Crippen molar-refractivity contribution in [1.29, 1.82) is 0 Å². The Bertz CT molecular complexity index is 278. The van der Waals surface area contributed by atoms with E-state index in [2.05, 4.69) is 0 Å². The second kappa shape index (κ2) is 5.14. The van der Waals surface area contributed by atoms with Crippen LogP contribution in [0, 0.1) is 6.92 Å². The van der Waals surface area contributed by atoms with Crippen molar-refractivity contribution in [1.82, 2.24) is 0 Å². The van der Waals surface area contributed by atoms with Gasteiger partial charge in [0.1, 0.15) is 0 Å². The molecule has 1 heterocycles. The summed E-state index contributed by atoms with van der Waals surface area (Å²) in [7, 11) is 1.65. The van der Waals surface area contributed by atoms with Crippen LogP contribution in [0.25, 0.3) is 0 Å². The minimum Gasteiger partial charge on any atom is -0.385 e. The minimum absolute atomic E-state index is 0.240. The highest BCUT2D eigenvalue weighted by atomic mass is 32.1. The fraction of sp³-hybridized carbons (Fsp3) is 0.500. The Kier molecular flexibility index (Phi) is 4.12. The Morgan fingerprint density at radius 3 is 2.92 bits per heavy atom. The first-order chi connectivity index (χ1) is 6.25. The number of hydrogen-bond donors (Lipinski definition) is 0. The number of methoxy groups -OCH3 is 1. The lowest BCUT2D eigenvalue weighted by atomic mass is 10.1. The van der Waals surface area contributed by atoms with Crippen molar-refractivity contribution in [3.05, 3.63) is 21.9 Å². The molecule has 72 valence electrons. The molecule has 1 aromatic heterocycles. The summed E-state index contributed by atoms with van der Waals surface area (Å²) in [4.78, 5) is 12.5. The Morgan fingerprint density at radius 2 is 2.38 bits per heavy atom. The maximum Gasteiger partial charge on any atom is 0.173 e. The number of thiophene rings is 1. The number of carbonyl (C=O) groups is 1. The molecule has 0 saturated carbocycles. The second-order valence-electron chi connectivity index (χ2n) is 2.95. The van der Waals surface area contributed by atoms with Gasteiger partial charge in [0.2, 0.25) is 0 Å². The first kappa shape index (κ1) is 10.4. The van der Waals surface area contributed by atoms with Crippen LogP contribution in [0.15, 0.2) is 11.4 Å². The molecule has 0 atom stereocenters. The van der Waals surface area contributed by atoms with Gasteiger partial charge in [0.05, 0.1) is 4.88 Å². The lowest BCUT2D eigenvalue weighted by molar-refractivity contribution is 0.0967. The van der Waals surface area contributed by atoms with Crippen LogP contribution in [0.2, 0.25) is 0 Å². The van der Waals surface area contributed by atoms with Gasteiger partial charge in [-0.15, -0.1) is 11.3 Å². The highest BCUT2D eigenvalue weighted by Crippen LogP contribution is 2.17. The van der Waals surface area contributed by atoms with Crippen molar-refractivity contribution >= 4 is 17.1 Å². The molecule has 1 aromatic rings. The van der Waals surface area contributed by atoms with E-state index >= 15 is 0 Å². The summed E-state index contributed by atoms with van der Waals surface area (Å²) in [5, 5.41) is 1.96. The van der Waals surface area contributed by atoms with Crippen molar-refractivity contribution in [2.75, 3.05) is 13.7 Å². The summed E-state index contributed by atoms with van der Waals surface area (Å²) >= 11 is 1.53. The third-order valence-electron chi connectivity index (χ3n) is 1.87. The first-order valence-corrected chi connectivity index (χ1v) is 5.20. The lowest BCUT2D eigenvalue weighted by Gasteiger charge is -1.98. The van der Waals surface area contributed by atoms with E-state index in [1.807, 2.05) is 18.4 Å². The number of rotatable bonds is 5. The summed E-state index contributed by atoms with van der Waals surface area (Å²) in [6.07, 6.45) is 1.40. The van der Waals surface area contributed by atoms with Crippen molar-refractivity contribution < 1.29 is 9.53 Å². The fourth-order valence-corrected chi connectivity index (χ4v) is 2.04. The highest BCUT2D eigenvalue weighted by molar-refractivity contribution is 7.12. The monoisotopic (exact) mass is 198 g/mol. The van der Waals surface area contributed by atoms with Gasteiger partial charge in [-0.1, -0.05) is 0 Å². The maximum atomic E-state index is 11.6. The van der Waals surface area contributed by atoms with E-state index in [0.29, 0.717) is 13.0 Å². The van der Waals surface area contributed by atoms with Gasteiger partial charge in [-0.2, -0.15) is 0 Å². The molecule has 0 aromatic carbocycles. The van der Waals surface area contributed by atoms with Crippen LogP contribution in [0.4, 0.5) is 0 Å². The number of ketones is 1. The van der Waals surface area contributed by atoms with E-state index in [1.165, 1.54) is 11.3 Å². The summed E-state index contributed by atoms with van der Waals surface area (Å²) in [6, 6.07) is 1.98. The van der Waals surface area contributed by atoms with Crippen molar-refractivity contribution in [3.8, 4) is 0 Å². The van der Waals surface area contributed by atoms with Crippen LogP contribution in [-0.2, 0) is 4.74 Å². The Morgan fingerprint density at radius 1 is 1.62 bits per heavy atom. The molecule has 0 saturated heterocycles. The van der Waals surface area contributed by atoms with Crippen molar-refractivity contribution in [2.45, 2.75) is 19.8 Å². The molecule has 0 spiro atoms. The van der Waals surface area contributed by atoms with E-state index in [0.717, 1.165) is 16.9 Å². The predicted molar refractivity (Wildman–Crippen MR) is 54.5 cm³/mol. The molecular formula is C10H14O2S.